The fourth-order valence-corrected chi connectivity index (χ4v) is 7.18. The Balaban J connectivity index is 1.18. The minimum Gasteiger partial charge on any atom is -0.444 e. The Bertz CT molecular complexity index is 1160. The van der Waals surface area contributed by atoms with E-state index in [1.54, 1.807) is 6.20 Å². The van der Waals surface area contributed by atoms with Gasteiger partial charge in [0.25, 0.3) is 0 Å². The molecule has 4 bridgehead atoms. The summed E-state index contributed by atoms with van der Waals surface area (Å²) in [5, 5.41) is 19.7. The summed E-state index contributed by atoms with van der Waals surface area (Å²) in [4.78, 5) is 21.5. The lowest BCUT2D eigenvalue weighted by atomic mass is 9.48. The van der Waals surface area contributed by atoms with Crippen LogP contribution in [0.3, 0.4) is 0 Å². The van der Waals surface area contributed by atoms with Gasteiger partial charge >= 0.3 is 6.09 Å². The van der Waals surface area contributed by atoms with Crippen LogP contribution in [0, 0.1) is 34.5 Å². The third-order valence-corrected chi connectivity index (χ3v) is 8.39. The summed E-state index contributed by atoms with van der Waals surface area (Å²) >= 11 is 0. The lowest BCUT2D eigenvalue weighted by Gasteiger charge is -2.60. The Kier molecular flexibility index (Phi) is 7.47. The summed E-state index contributed by atoms with van der Waals surface area (Å²) in [5.74, 6) is 2.80. The minimum absolute atomic E-state index is 0.170. The number of benzene rings is 1. The molecule has 8 heteroatoms. The van der Waals surface area contributed by atoms with Gasteiger partial charge in [-0.15, -0.1) is 0 Å². The summed E-state index contributed by atoms with van der Waals surface area (Å²) < 4.78 is 5.56. The van der Waals surface area contributed by atoms with E-state index in [0.29, 0.717) is 35.1 Å². The van der Waals surface area contributed by atoms with Crippen molar-refractivity contribution in [2.75, 3.05) is 23.7 Å². The van der Waals surface area contributed by atoms with Crippen LogP contribution in [0.2, 0.25) is 0 Å². The number of ether oxygens (including phenoxy) is 1. The highest BCUT2D eigenvalue weighted by Crippen LogP contribution is 2.60. The molecule has 8 nitrogen and oxygen atoms in total. The molecule has 1 heterocycles. The van der Waals surface area contributed by atoms with Crippen molar-refractivity contribution < 1.29 is 9.53 Å². The van der Waals surface area contributed by atoms with Crippen molar-refractivity contribution in [2.24, 2.45) is 23.2 Å². The van der Waals surface area contributed by atoms with E-state index in [1.165, 1.54) is 24.8 Å². The van der Waals surface area contributed by atoms with Crippen LogP contribution in [-0.2, 0) is 11.2 Å². The molecule has 3 N–H and O–H groups in total. The van der Waals surface area contributed by atoms with E-state index < -0.39 is 5.60 Å². The summed E-state index contributed by atoms with van der Waals surface area (Å²) in [6.45, 7) is 7.26. The third kappa shape index (κ3) is 6.20. The van der Waals surface area contributed by atoms with Crippen molar-refractivity contribution in [2.45, 2.75) is 77.4 Å². The number of alkyl carbamates (subject to hydrolysis) is 1. The Labute approximate surface area is 226 Å². The zero-order valence-electron chi connectivity index (χ0n) is 22.8. The van der Waals surface area contributed by atoms with Crippen LogP contribution >= 0.6 is 0 Å². The predicted octanol–water partition coefficient (Wildman–Crippen LogP) is 5.52. The molecule has 4 aliphatic rings. The van der Waals surface area contributed by atoms with E-state index in [-0.39, 0.29) is 17.6 Å². The number of nitrogens with zero attached hydrogens (tertiary/aromatic N) is 3. The van der Waals surface area contributed by atoms with Gasteiger partial charge in [-0.2, -0.15) is 10.2 Å². The number of carbonyl (C=O) groups is 1. The zero-order chi connectivity index (χ0) is 26.8. The first-order valence-corrected chi connectivity index (χ1v) is 14.0. The number of amides is 1. The maximum atomic E-state index is 12.5. The maximum Gasteiger partial charge on any atom is 0.407 e. The zero-order valence-corrected chi connectivity index (χ0v) is 22.8. The van der Waals surface area contributed by atoms with Gasteiger partial charge in [0.05, 0.1) is 6.20 Å². The number of nitriles is 1. The normalized spacial score (nSPS) is 27.4. The molecule has 0 saturated heterocycles. The highest BCUT2D eigenvalue weighted by atomic mass is 16.6. The Morgan fingerprint density at radius 1 is 1.13 bits per heavy atom. The molecule has 1 aromatic heterocycles. The van der Waals surface area contributed by atoms with Gasteiger partial charge in [-0.05, 0) is 94.4 Å². The van der Waals surface area contributed by atoms with Crippen LogP contribution in [0.5, 0.6) is 0 Å². The quantitative estimate of drug-likeness (QED) is 0.376. The Hall–Kier alpha value is -3.34. The number of anilines is 2. The molecule has 1 amide bonds. The largest absolute Gasteiger partial charge is 0.444 e. The molecular weight excluding hydrogens is 476 g/mol. The smallest absolute Gasteiger partial charge is 0.407 e. The first-order valence-electron chi connectivity index (χ1n) is 14.0. The first-order chi connectivity index (χ1) is 18.2. The number of hydrogen-bond acceptors (Lipinski definition) is 7. The standard InChI is InChI=1S/C30H40N6O2/c1-29(2,3)38-28(37)35-25-22-12-21-13-23(25)16-30(14-21,15-22)19-34-26-24(17-31)18-33-27(36-26)32-11-7-10-20-8-5-4-6-9-20/h4-6,8-9,18,21-23,25H,7,10-16,19H2,1-3H3,(H,35,37)(H2,32,33,34,36)/t21?,22-,23+,25?,30?. The lowest BCUT2D eigenvalue weighted by Crippen LogP contribution is -2.60. The molecule has 1 aromatic carbocycles. The summed E-state index contributed by atoms with van der Waals surface area (Å²) in [6.07, 6.45) is 8.96. The number of aromatic nitrogens is 2. The second kappa shape index (κ2) is 10.8. The number of carbonyl (C=O) groups excluding carboxylic acids is 1. The van der Waals surface area contributed by atoms with Crippen LogP contribution in [0.25, 0.3) is 0 Å². The van der Waals surface area contributed by atoms with Gasteiger partial charge < -0.3 is 20.7 Å². The summed E-state index contributed by atoms with van der Waals surface area (Å²) in [6, 6.07) is 12.9. The SMILES string of the molecule is CC(C)(C)OC(=O)NC1[C@@H]2CC3C[C@H]1CC(CNc1nc(NCCCc4ccccc4)ncc1C#N)(C3)C2. The Morgan fingerprint density at radius 2 is 1.87 bits per heavy atom. The molecule has 0 aliphatic heterocycles. The molecule has 5 atom stereocenters. The molecule has 38 heavy (non-hydrogen) atoms. The van der Waals surface area contributed by atoms with E-state index in [0.717, 1.165) is 38.8 Å². The fraction of sp³-hybridized carbons (Fsp3) is 0.600. The van der Waals surface area contributed by atoms with Gasteiger partial charge in [-0.1, -0.05) is 30.3 Å². The second-order valence-corrected chi connectivity index (χ2v) is 12.6. The van der Waals surface area contributed by atoms with Crippen LogP contribution in [0.4, 0.5) is 16.6 Å². The number of rotatable bonds is 9. The summed E-state index contributed by atoms with van der Waals surface area (Å²) in [7, 11) is 0. The Morgan fingerprint density at radius 3 is 2.55 bits per heavy atom. The monoisotopic (exact) mass is 516 g/mol. The van der Waals surface area contributed by atoms with Crippen LogP contribution in [0.15, 0.2) is 36.5 Å². The first kappa shape index (κ1) is 26.3. The van der Waals surface area contributed by atoms with Crippen LogP contribution in [0.1, 0.15) is 70.4 Å². The number of nitrogens with one attached hydrogen (secondary N) is 3. The maximum absolute atomic E-state index is 12.5. The van der Waals surface area contributed by atoms with Gasteiger partial charge in [-0.3, -0.25) is 0 Å². The van der Waals surface area contributed by atoms with Gasteiger partial charge in [0, 0.05) is 19.1 Å². The van der Waals surface area contributed by atoms with E-state index in [9.17, 15) is 10.1 Å². The highest BCUT2D eigenvalue weighted by Gasteiger charge is 2.55. The lowest BCUT2D eigenvalue weighted by molar-refractivity contribution is -0.0703. The minimum atomic E-state index is -0.493. The average Bonchev–Trinajstić information content (AvgIpc) is 2.87. The number of aryl methyl sites for hydroxylation is 1. The van der Waals surface area contributed by atoms with Gasteiger partial charge in [0.1, 0.15) is 23.1 Å². The van der Waals surface area contributed by atoms with Crippen molar-refractivity contribution in [3.05, 3.63) is 47.7 Å². The average molecular weight is 517 g/mol. The van der Waals surface area contributed by atoms with Crippen molar-refractivity contribution in [1.82, 2.24) is 15.3 Å². The highest BCUT2D eigenvalue weighted by molar-refractivity contribution is 5.68. The van der Waals surface area contributed by atoms with E-state index in [2.05, 4.69) is 56.3 Å². The predicted molar refractivity (Wildman–Crippen MR) is 148 cm³/mol. The van der Waals surface area contributed by atoms with E-state index in [4.69, 9.17) is 4.74 Å². The second-order valence-electron chi connectivity index (χ2n) is 12.6. The van der Waals surface area contributed by atoms with Crippen LogP contribution in [-0.4, -0.2) is 40.8 Å². The molecule has 4 saturated carbocycles. The molecule has 6 rings (SSSR count). The van der Waals surface area contributed by atoms with Crippen LogP contribution < -0.4 is 16.0 Å². The molecule has 4 aliphatic carbocycles. The molecule has 0 spiro atoms. The summed E-state index contributed by atoms with van der Waals surface area (Å²) in [5.41, 5.74) is 1.46. The van der Waals surface area contributed by atoms with Gasteiger partial charge in [-0.25, -0.2) is 9.78 Å². The van der Waals surface area contributed by atoms with Gasteiger partial charge in [0.15, 0.2) is 0 Å². The fourth-order valence-electron chi connectivity index (χ4n) is 7.18. The molecule has 4 fully saturated rings. The van der Waals surface area contributed by atoms with Crippen molar-refractivity contribution in [3.63, 3.8) is 0 Å². The van der Waals surface area contributed by atoms with Gasteiger partial charge in [0.2, 0.25) is 5.95 Å². The van der Waals surface area contributed by atoms with Crippen molar-refractivity contribution in [1.29, 1.82) is 5.26 Å². The molecule has 2 aromatic rings. The van der Waals surface area contributed by atoms with E-state index >= 15 is 0 Å². The van der Waals surface area contributed by atoms with Crippen molar-refractivity contribution in [3.8, 4) is 6.07 Å². The number of hydrogen-bond donors (Lipinski definition) is 3. The van der Waals surface area contributed by atoms with E-state index in [1.807, 2.05) is 26.8 Å². The van der Waals surface area contributed by atoms with Crippen molar-refractivity contribution >= 4 is 17.9 Å². The molecular formula is C30H40N6O2. The molecule has 3 unspecified atom stereocenters. The topological polar surface area (TPSA) is 112 Å². The third-order valence-electron chi connectivity index (χ3n) is 8.39. The molecule has 0 radical (unpaired) electrons. The molecule has 202 valence electrons.